The van der Waals surface area contributed by atoms with Crippen molar-refractivity contribution in [3.63, 3.8) is 0 Å². The predicted octanol–water partition coefficient (Wildman–Crippen LogP) is -0.979. The summed E-state index contributed by atoms with van der Waals surface area (Å²) in [5.74, 6) is 1.14. The smallest absolute Gasteiger partial charge is 0.151 e. The highest BCUT2D eigenvalue weighted by atomic mass is 32.2. The molecule has 0 aromatic carbocycles. The molecular weight excluding hydrogens is 180 g/mol. The van der Waals surface area contributed by atoms with Gasteiger partial charge in [0.15, 0.2) is 6.29 Å². The molecule has 0 rings (SSSR count). The number of aliphatic hydroxyl groups is 3. The molecule has 0 aromatic rings. The van der Waals surface area contributed by atoms with Crippen LogP contribution in [0.3, 0.4) is 0 Å². The standard InChI is InChI=1S/C7H14O4S/c1-2-12-4-6(10)7(11)5(9)3-8/h3,5-7,9-11H,2,4H2,1H3/t5-,6+,7-/m0/s1. The van der Waals surface area contributed by atoms with E-state index < -0.39 is 18.3 Å². The van der Waals surface area contributed by atoms with Crippen LogP contribution in [0.25, 0.3) is 0 Å². The number of aldehydes is 1. The predicted molar refractivity (Wildman–Crippen MR) is 47.1 cm³/mol. The van der Waals surface area contributed by atoms with E-state index in [1.54, 1.807) is 0 Å². The molecule has 4 nitrogen and oxygen atoms in total. The lowest BCUT2D eigenvalue weighted by molar-refractivity contribution is -0.124. The molecule has 0 aliphatic carbocycles. The van der Waals surface area contributed by atoms with Crippen LogP contribution in [-0.4, -0.2) is 51.4 Å². The SMILES string of the molecule is CCSC[C@@H](O)[C@@H](O)[C@@H](O)C=O. The second kappa shape index (κ2) is 6.42. The summed E-state index contributed by atoms with van der Waals surface area (Å²) in [7, 11) is 0. The molecule has 0 amide bonds. The molecule has 0 saturated heterocycles. The minimum atomic E-state index is -1.49. The molecule has 0 aliphatic rings. The monoisotopic (exact) mass is 194 g/mol. The van der Waals surface area contributed by atoms with Crippen LogP contribution in [0.2, 0.25) is 0 Å². The highest BCUT2D eigenvalue weighted by Crippen LogP contribution is 2.07. The first-order valence-corrected chi connectivity index (χ1v) is 4.86. The van der Waals surface area contributed by atoms with E-state index >= 15 is 0 Å². The van der Waals surface area contributed by atoms with Crippen molar-refractivity contribution in [3.8, 4) is 0 Å². The van der Waals surface area contributed by atoms with Crippen LogP contribution in [0.1, 0.15) is 6.92 Å². The molecule has 0 spiro atoms. The summed E-state index contributed by atoms with van der Waals surface area (Å²) >= 11 is 1.44. The van der Waals surface area contributed by atoms with Crippen molar-refractivity contribution in [1.29, 1.82) is 0 Å². The zero-order chi connectivity index (χ0) is 9.56. The summed E-state index contributed by atoms with van der Waals surface area (Å²) < 4.78 is 0. The Morgan fingerprint density at radius 1 is 1.42 bits per heavy atom. The molecule has 0 bridgehead atoms. The van der Waals surface area contributed by atoms with E-state index in [-0.39, 0.29) is 6.29 Å². The van der Waals surface area contributed by atoms with Crippen molar-refractivity contribution >= 4 is 18.0 Å². The van der Waals surface area contributed by atoms with E-state index in [9.17, 15) is 4.79 Å². The third-order valence-electron chi connectivity index (χ3n) is 1.38. The Bertz CT molecular complexity index is 131. The van der Waals surface area contributed by atoms with Gasteiger partial charge in [0.05, 0.1) is 6.10 Å². The van der Waals surface area contributed by atoms with Gasteiger partial charge < -0.3 is 20.1 Å². The maximum absolute atomic E-state index is 10.00. The molecule has 5 heteroatoms. The number of aliphatic hydroxyl groups excluding tert-OH is 3. The van der Waals surface area contributed by atoms with Gasteiger partial charge >= 0.3 is 0 Å². The Morgan fingerprint density at radius 3 is 2.42 bits per heavy atom. The fourth-order valence-electron chi connectivity index (χ4n) is 0.645. The Morgan fingerprint density at radius 2 is 2.00 bits per heavy atom. The van der Waals surface area contributed by atoms with E-state index in [1.807, 2.05) is 6.92 Å². The zero-order valence-corrected chi connectivity index (χ0v) is 7.70. The first-order valence-electron chi connectivity index (χ1n) is 3.70. The molecular formula is C7H14O4S. The topological polar surface area (TPSA) is 77.8 Å². The number of hydrogen-bond donors (Lipinski definition) is 3. The van der Waals surface area contributed by atoms with E-state index in [4.69, 9.17) is 15.3 Å². The third kappa shape index (κ3) is 4.06. The Labute approximate surface area is 75.6 Å². The van der Waals surface area contributed by atoms with Crippen molar-refractivity contribution in [2.45, 2.75) is 25.2 Å². The van der Waals surface area contributed by atoms with Crippen LogP contribution in [0, 0.1) is 0 Å². The first-order chi connectivity index (χ1) is 5.63. The molecule has 0 saturated carbocycles. The minimum absolute atomic E-state index is 0.213. The molecule has 3 N–H and O–H groups in total. The quantitative estimate of drug-likeness (QED) is 0.474. The minimum Gasteiger partial charge on any atom is -0.389 e. The van der Waals surface area contributed by atoms with Crippen LogP contribution in [0.5, 0.6) is 0 Å². The summed E-state index contributed by atoms with van der Waals surface area (Å²) in [4.78, 5) is 10.00. The largest absolute Gasteiger partial charge is 0.389 e. The zero-order valence-electron chi connectivity index (χ0n) is 6.88. The van der Waals surface area contributed by atoms with Crippen LogP contribution in [0.4, 0.5) is 0 Å². The summed E-state index contributed by atoms with van der Waals surface area (Å²) in [5.41, 5.74) is 0. The lowest BCUT2D eigenvalue weighted by Gasteiger charge is -2.18. The van der Waals surface area contributed by atoms with Gasteiger partial charge in [-0.2, -0.15) is 11.8 Å². The maximum atomic E-state index is 10.00. The molecule has 0 unspecified atom stereocenters. The molecule has 0 heterocycles. The van der Waals surface area contributed by atoms with Gasteiger partial charge in [-0.3, -0.25) is 0 Å². The molecule has 0 aromatic heterocycles. The average molecular weight is 194 g/mol. The Balaban J connectivity index is 3.74. The fraction of sp³-hybridized carbons (Fsp3) is 0.857. The molecule has 12 heavy (non-hydrogen) atoms. The number of thioether (sulfide) groups is 1. The van der Waals surface area contributed by atoms with Crippen LogP contribution in [-0.2, 0) is 4.79 Å². The van der Waals surface area contributed by atoms with Gasteiger partial charge in [0.1, 0.15) is 12.2 Å². The van der Waals surface area contributed by atoms with Crippen molar-refractivity contribution < 1.29 is 20.1 Å². The summed E-state index contributed by atoms with van der Waals surface area (Å²) in [6, 6.07) is 0. The van der Waals surface area contributed by atoms with E-state index in [1.165, 1.54) is 11.8 Å². The first kappa shape index (κ1) is 11.9. The van der Waals surface area contributed by atoms with Gasteiger partial charge in [0.2, 0.25) is 0 Å². The van der Waals surface area contributed by atoms with Gasteiger partial charge in [-0.05, 0) is 5.75 Å². The fourth-order valence-corrected chi connectivity index (χ4v) is 1.32. The second-order valence-electron chi connectivity index (χ2n) is 2.34. The van der Waals surface area contributed by atoms with Gasteiger partial charge in [-0.1, -0.05) is 6.92 Å². The van der Waals surface area contributed by atoms with Gasteiger partial charge in [0, 0.05) is 5.75 Å². The number of rotatable bonds is 6. The van der Waals surface area contributed by atoms with Crippen molar-refractivity contribution in [2.24, 2.45) is 0 Å². The Hall–Kier alpha value is -0.100. The lowest BCUT2D eigenvalue weighted by atomic mass is 10.1. The van der Waals surface area contributed by atoms with E-state index in [0.29, 0.717) is 5.75 Å². The molecule has 3 atom stereocenters. The lowest BCUT2D eigenvalue weighted by Crippen LogP contribution is -2.39. The highest BCUT2D eigenvalue weighted by molar-refractivity contribution is 7.99. The van der Waals surface area contributed by atoms with Crippen LogP contribution in [0.15, 0.2) is 0 Å². The molecule has 0 fully saturated rings. The molecule has 0 radical (unpaired) electrons. The molecule has 0 aliphatic heterocycles. The third-order valence-corrected chi connectivity index (χ3v) is 2.36. The number of hydrogen-bond acceptors (Lipinski definition) is 5. The number of carbonyl (C=O) groups excluding carboxylic acids is 1. The summed E-state index contributed by atoms with van der Waals surface area (Å²) in [6.45, 7) is 1.92. The summed E-state index contributed by atoms with van der Waals surface area (Å²) in [5, 5.41) is 27.0. The highest BCUT2D eigenvalue weighted by Gasteiger charge is 2.23. The number of carbonyl (C=O) groups is 1. The van der Waals surface area contributed by atoms with Crippen LogP contribution < -0.4 is 0 Å². The van der Waals surface area contributed by atoms with Crippen molar-refractivity contribution in [2.75, 3.05) is 11.5 Å². The Kier molecular flexibility index (Phi) is 6.37. The van der Waals surface area contributed by atoms with Crippen LogP contribution >= 0.6 is 11.8 Å². The van der Waals surface area contributed by atoms with E-state index in [0.717, 1.165) is 5.75 Å². The normalized spacial score (nSPS) is 18.3. The average Bonchev–Trinajstić information content (AvgIpc) is 2.11. The second-order valence-corrected chi connectivity index (χ2v) is 3.66. The maximum Gasteiger partial charge on any atom is 0.151 e. The van der Waals surface area contributed by atoms with E-state index in [2.05, 4.69) is 0 Å². The van der Waals surface area contributed by atoms with Gasteiger partial charge in [-0.15, -0.1) is 0 Å². The van der Waals surface area contributed by atoms with Crippen molar-refractivity contribution in [3.05, 3.63) is 0 Å². The summed E-state index contributed by atoms with van der Waals surface area (Å²) in [6.07, 6.45) is -3.70. The van der Waals surface area contributed by atoms with Crippen molar-refractivity contribution in [1.82, 2.24) is 0 Å². The van der Waals surface area contributed by atoms with Gasteiger partial charge in [-0.25, -0.2) is 0 Å². The van der Waals surface area contributed by atoms with Gasteiger partial charge in [0.25, 0.3) is 0 Å². The molecule has 72 valence electrons.